The third-order valence-electron chi connectivity index (χ3n) is 7.02. The summed E-state index contributed by atoms with van der Waals surface area (Å²) in [7, 11) is -2.77. The Labute approximate surface area is 282 Å². The topological polar surface area (TPSA) is 96.0 Å². The number of benzene rings is 4. The van der Waals surface area contributed by atoms with Gasteiger partial charge in [-0.25, -0.2) is 8.42 Å². The third-order valence-corrected chi connectivity index (χ3v) is 10.0. The molecule has 0 saturated carbocycles. The number of sulfonamides is 1. The number of carbonyl (C=O) groups excluding carboxylic acids is 2. The fraction of sp³-hybridized carbons (Fsp3) is 0.212. The second-order valence-corrected chi connectivity index (χ2v) is 13.5. The summed E-state index contributed by atoms with van der Waals surface area (Å²) < 4.78 is 35.5. The van der Waals surface area contributed by atoms with Crippen molar-refractivity contribution in [1.82, 2.24) is 10.2 Å². The normalized spacial score (nSPS) is 11.8. The number of halogens is 3. The van der Waals surface area contributed by atoms with Crippen molar-refractivity contribution < 1.29 is 22.7 Å². The first-order chi connectivity index (χ1) is 21.5. The maximum atomic E-state index is 14.4. The number of nitrogens with one attached hydrogen (secondary N) is 1. The molecule has 0 heterocycles. The van der Waals surface area contributed by atoms with Crippen LogP contribution in [0.3, 0.4) is 0 Å². The smallest absolute Gasteiger partial charge is 0.264 e. The minimum atomic E-state index is -4.25. The van der Waals surface area contributed by atoms with Crippen LogP contribution in [0.15, 0.2) is 106 Å². The molecule has 0 fully saturated rings. The van der Waals surface area contributed by atoms with Crippen molar-refractivity contribution in [2.24, 2.45) is 0 Å². The number of rotatable bonds is 13. The standard InChI is InChI=1S/C33H32BrCl2N3O5S/c1-3-44-26-16-14-25(15-17-26)39(45(42,43)27-18-12-24(34)13-19-27)22-32(40)38(21-28-29(35)10-7-11-30(28)36)31(33(41)37-2)20-23-8-5-4-6-9-23/h4-19,31H,3,20-22H2,1-2H3,(H,37,41). The molecule has 4 aromatic rings. The molecule has 0 aliphatic rings. The molecule has 4 aromatic carbocycles. The first kappa shape index (κ1) is 34.3. The maximum absolute atomic E-state index is 14.4. The van der Waals surface area contributed by atoms with Crippen molar-refractivity contribution in [1.29, 1.82) is 0 Å². The van der Waals surface area contributed by atoms with E-state index in [1.165, 1.54) is 24.1 Å². The second kappa shape index (κ2) is 15.6. The van der Waals surface area contributed by atoms with E-state index in [-0.39, 0.29) is 23.5 Å². The minimum Gasteiger partial charge on any atom is -0.494 e. The summed E-state index contributed by atoms with van der Waals surface area (Å²) in [6.45, 7) is 1.52. The van der Waals surface area contributed by atoms with E-state index in [1.807, 2.05) is 37.3 Å². The van der Waals surface area contributed by atoms with Gasteiger partial charge < -0.3 is 15.0 Å². The van der Waals surface area contributed by atoms with Crippen LogP contribution in [0.2, 0.25) is 10.0 Å². The van der Waals surface area contributed by atoms with Gasteiger partial charge in [0.1, 0.15) is 18.3 Å². The fourth-order valence-corrected chi connectivity index (χ4v) is 6.91. The van der Waals surface area contributed by atoms with E-state index in [2.05, 4.69) is 21.2 Å². The monoisotopic (exact) mass is 731 g/mol. The molecule has 8 nitrogen and oxygen atoms in total. The first-order valence-corrected chi connectivity index (χ1v) is 17.0. The molecule has 0 aliphatic heterocycles. The average molecular weight is 734 g/mol. The van der Waals surface area contributed by atoms with Gasteiger partial charge in [-0.2, -0.15) is 0 Å². The van der Waals surface area contributed by atoms with Crippen molar-refractivity contribution in [3.8, 4) is 5.75 Å². The van der Waals surface area contributed by atoms with E-state index in [4.69, 9.17) is 27.9 Å². The molecule has 2 amide bonds. The highest BCUT2D eigenvalue weighted by Crippen LogP contribution is 2.30. The largest absolute Gasteiger partial charge is 0.494 e. The summed E-state index contributed by atoms with van der Waals surface area (Å²) in [4.78, 5) is 29.2. The highest BCUT2D eigenvalue weighted by molar-refractivity contribution is 9.10. The molecule has 0 saturated heterocycles. The highest BCUT2D eigenvalue weighted by atomic mass is 79.9. The Morgan fingerprint density at radius 2 is 1.51 bits per heavy atom. The van der Waals surface area contributed by atoms with Gasteiger partial charge >= 0.3 is 0 Å². The van der Waals surface area contributed by atoms with Crippen molar-refractivity contribution in [3.05, 3.63) is 123 Å². The van der Waals surface area contributed by atoms with Gasteiger partial charge in [-0.1, -0.05) is 75.5 Å². The van der Waals surface area contributed by atoms with Crippen molar-refractivity contribution >= 4 is 66.7 Å². The van der Waals surface area contributed by atoms with Crippen molar-refractivity contribution in [2.75, 3.05) is 24.5 Å². The van der Waals surface area contributed by atoms with Gasteiger partial charge in [0.15, 0.2) is 0 Å². The highest BCUT2D eigenvalue weighted by Gasteiger charge is 2.35. The van der Waals surface area contributed by atoms with Crippen LogP contribution in [0.4, 0.5) is 5.69 Å². The Bertz CT molecular complexity index is 1700. The quantitative estimate of drug-likeness (QED) is 0.164. The number of hydrogen-bond acceptors (Lipinski definition) is 5. The number of carbonyl (C=O) groups is 2. The van der Waals surface area contributed by atoms with Crippen LogP contribution >= 0.6 is 39.1 Å². The molecular weight excluding hydrogens is 701 g/mol. The van der Waals surface area contributed by atoms with E-state index >= 15 is 0 Å². The van der Waals surface area contributed by atoms with Crippen molar-refractivity contribution in [2.45, 2.75) is 30.8 Å². The van der Waals surface area contributed by atoms with E-state index < -0.39 is 34.4 Å². The van der Waals surface area contributed by atoms with Crippen LogP contribution in [0.1, 0.15) is 18.1 Å². The molecule has 4 rings (SSSR count). The number of amides is 2. The lowest BCUT2D eigenvalue weighted by atomic mass is 10.0. The second-order valence-electron chi connectivity index (χ2n) is 9.93. The molecular formula is C33H32BrCl2N3O5S. The summed E-state index contributed by atoms with van der Waals surface area (Å²) >= 11 is 16.4. The predicted molar refractivity (Wildman–Crippen MR) is 181 cm³/mol. The average Bonchev–Trinajstić information content (AvgIpc) is 3.03. The summed E-state index contributed by atoms with van der Waals surface area (Å²) in [5, 5.41) is 3.27. The molecule has 0 spiro atoms. The predicted octanol–water partition coefficient (Wildman–Crippen LogP) is 6.74. The van der Waals surface area contributed by atoms with E-state index in [9.17, 15) is 18.0 Å². The van der Waals surface area contributed by atoms with Crippen LogP contribution < -0.4 is 14.4 Å². The van der Waals surface area contributed by atoms with Gasteiger partial charge in [0.05, 0.1) is 17.2 Å². The summed E-state index contributed by atoms with van der Waals surface area (Å²) in [6, 6.07) is 25.7. The Morgan fingerprint density at radius 1 is 0.889 bits per heavy atom. The van der Waals surface area contributed by atoms with Crippen LogP contribution in [-0.4, -0.2) is 51.4 Å². The zero-order valence-corrected chi connectivity index (χ0v) is 28.5. The molecule has 1 atom stereocenters. The number of anilines is 1. The first-order valence-electron chi connectivity index (χ1n) is 14.0. The van der Waals surface area contributed by atoms with Crippen LogP contribution in [0.5, 0.6) is 5.75 Å². The Balaban J connectivity index is 1.81. The fourth-order valence-electron chi connectivity index (χ4n) is 4.71. The van der Waals surface area contributed by atoms with Gasteiger partial charge in [-0.3, -0.25) is 13.9 Å². The zero-order valence-electron chi connectivity index (χ0n) is 24.6. The lowest BCUT2D eigenvalue weighted by Crippen LogP contribution is -2.53. The van der Waals surface area contributed by atoms with Crippen LogP contribution in [-0.2, 0) is 32.6 Å². The molecule has 0 aromatic heterocycles. The number of hydrogen-bond donors (Lipinski definition) is 1. The Morgan fingerprint density at radius 3 is 2.09 bits per heavy atom. The summed E-state index contributed by atoms with van der Waals surface area (Å²) in [5.74, 6) is -0.519. The van der Waals surface area contributed by atoms with Gasteiger partial charge in [-0.15, -0.1) is 0 Å². The zero-order chi connectivity index (χ0) is 32.6. The van der Waals surface area contributed by atoms with E-state index in [0.717, 1.165) is 9.87 Å². The molecule has 236 valence electrons. The van der Waals surface area contributed by atoms with Gasteiger partial charge in [-0.05, 0) is 73.2 Å². The molecule has 12 heteroatoms. The summed E-state index contributed by atoms with van der Waals surface area (Å²) in [5.41, 5.74) is 1.48. The minimum absolute atomic E-state index is 0.0137. The number of nitrogens with zero attached hydrogens (tertiary/aromatic N) is 2. The van der Waals surface area contributed by atoms with Crippen molar-refractivity contribution in [3.63, 3.8) is 0 Å². The third kappa shape index (κ3) is 8.58. The Hall–Kier alpha value is -3.57. The SMILES string of the molecule is CCOc1ccc(N(CC(=O)N(Cc2c(Cl)cccc2Cl)C(Cc2ccccc2)C(=O)NC)S(=O)(=O)c2ccc(Br)cc2)cc1. The Kier molecular flexibility index (Phi) is 11.9. The molecule has 1 N–H and O–H groups in total. The van der Waals surface area contributed by atoms with Gasteiger partial charge in [0, 0.05) is 40.1 Å². The van der Waals surface area contributed by atoms with Gasteiger partial charge in [0.2, 0.25) is 11.8 Å². The molecule has 1 unspecified atom stereocenters. The van der Waals surface area contributed by atoms with Crippen LogP contribution in [0, 0.1) is 0 Å². The molecule has 45 heavy (non-hydrogen) atoms. The van der Waals surface area contributed by atoms with Crippen LogP contribution in [0.25, 0.3) is 0 Å². The maximum Gasteiger partial charge on any atom is 0.264 e. The molecule has 0 radical (unpaired) electrons. The lowest BCUT2D eigenvalue weighted by Gasteiger charge is -2.34. The van der Waals surface area contributed by atoms with Gasteiger partial charge in [0.25, 0.3) is 10.0 Å². The molecule has 0 bridgehead atoms. The van der Waals surface area contributed by atoms with E-state index in [1.54, 1.807) is 54.6 Å². The number of ether oxygens (including phenoxy) is 1. The lowest BCUT2D eigenvalue weighted by molar-refractivity contribution is -0.139. The summed E-state index contributed by atoms with van der Waals surface area (Å²) in [6.07, 6.45) is 0.164. The molecule has 0 aliphatic carbocycles. The number of likely N-dealkylation sites (N-methyl/N-ethyl adjacent to an activating group) is 1. The van der Waals surface area contributed by atoms with E-state index in [0.29, 0.717) is 32.4 Å².